The minimum absolute atomic E-state index is 0.00264. The molecule has 1 fully saturated rings. The average molecular weight is 833 g/mol. The lowest BCUT2D eigenvalue weighted by Crippen LogP contribution is -2.45. The van der Waals surface area contributed by atoms with E-state index in [2.05, 4.69) is 20.0 Å². The van der Waals surface area contributed by atoms with Crippen LogP contribution in [0.15, 0.2) is 72.8 Å². The van der Waals surface area contributed by atoms with Gasteiger partial charge in [0.25, 0.3) is 0 Å². The summed E-state index contributed by atoms with van der Waals surface area (Å²) in [6.07, 6.45) is -4.05. The number of anilines is 1. The molecule has 6 rings (SSSR count). The third kappa shape index (κ3) is 7.67. The third-order valence-electron chi connectivity index (χ3n) is 8.48. The van der Waals surface area contributed by atoms with Gasteiger partial charge in [0, 0.05) is 28.0 Å². The molecule has 1 saturated heterocycles. The van der Waals surface area contributed by atoms with Crippen LogP contribution in [0.2, 0.25) is 0 Å². The molecule has 0 radical (unpaired) electrons. The summed E-state index contributed by atoms with van der Waals surface area (Å²) >= 11 is 1.93. The number of halogens is 1. The standard InChI is InChI=1S/C34H38IN6O9P/c1-19(2)25(30(43)47-17-20-11-6-5-7-12-20)40-51(45,50-23-16-10-14-21-13-8-9-15-22(21)23)48-18-24-27(42)34(3,44)31(49-24)41-28-26(37-32(41)35)29(46-4)39-33(36)38-28/h5-16,19,24-25,27,31,42,44H,17-18H2,1-4H3,(H,40,45)(H2,36,38,39)/t24-,25+,27-,31?,34-,51?/m1/s1. The van der Waals surface area contributed by atoms with Crippen LogP contribution in [0.25, 0.3) is 21.9 Å². The normalized spacial score (nSPS) is 22.2. The molecule has 2 aromatic heterocycles. The first-order chi connectivity index (χ1) is 24.3. The fourth-order valence-electron chi connectivity index (χ4n) is 5.77. The van der Waals surface area contributed by atoms with E-state index in [0.29, 0.717) is 9.22 Å². The number of carbonyl (C=O) groups is 1. The molecule has 2 unspecified atom stereocenters. The molecule has 0 saturated carbocycles. The third-order valence-corrected chi connectivity index (χ3v) is 10.8. The highest BCUT2D eigenvalue weighted by Crippen LogP contribution is 2.49. The first-order valence-corrected chi connectivity index (χ1v) is 18.6. The molecule has 0 aliphatic carbocycles. The predicted molar refractivity (Wildman–Crippen MR) is 196 cm³/mol. The van der Waals surface area contributed by atoms with Gasteiger partial charge in [-0.25, -0.2) is 9.55 Å². The van der Waals surface area contributed by atoms with Crippen molar-refractivity contribution in [2.75, 3.05) is 19.5 Å². The maximum Gasteiger partial charge on any atom is 0.459 e. The zero-order valence-electron chi connectivity index (χ0n) is 28.2. The van der Waals surface area contributed by atoms with Crippen LogP contribution in [-0.2, 0) is 30.0 Å². The van der Waals surface area contributed by atoms with Gasteiger partial charge in [0.05, 0.1) is 13.7 Å². The number of esters is 1. The van der Waals surface area contributed by atoms with Gasteiger partial charge in [0.1, 0.15) is 36.2 Å². The van der Waals surface area contributed by atoms with Gasteiger partial charge < -0.3 is 34.7 Å². The van der Waals surface area contributed by atoms with E-state index < -0.39 is 56.3 Å². The number of aromatic nitrogens is 4. The van der Waals surface area contributed by atoms with Crippen LogP contribution in [0.3, 0.4) is 0 Å². The van der Waals surface area contributed by atoms with E-state index in [0.717, 1.165) is 10.9 Å². The fourth-order valence-corrected chi connectivity index (χ4v) is 8.18. The molecule has 3 aromatic carbocycles. The van der Waals surface area contributed by atoms with Crippen molar-refractivity contribution in [3.05, 3.63) is 82.2 Å². The number of nitrogens with one attached hydrogen (secondary N) is 1. The van der Waals surface area contributed by atoms with Gasteiger partial charge in [0.15, 0.2) is 21.2 Å². The number of nitrogens with zero attached hydrogens (tertiary/aromatic N) is 4. The van der Waals surface area contributed by atoms with E-state index in [4.69, 9.17) is 29.0 Å². The molecule has 5 aromatic rings. The summed E-state index contributed by atoms with van der Waals surface area (Å²) in [6, 6.07) is 20.6. The summed E-state index contributed by atoms with van der Waals surface area (Å²) in [5, 5.41) is 27.3. The van der Waals surface area contributed by atoms with Gasteiger partial charge in [-0.3, -0.25) is 13.9 Å². The topological polar surface area (TPSA) is 202 Å². The first kappa shape index (κ1) is 36.9. The summed E-state index contributed by atoms with van der Waals surface area (Å²) < 4.78 is 45.8. The number of benzene rings is 3. The first-order valence-electron chi connectivity index (χ1n) is 16.0. The monoisotopic (exact) mass is 832 g/mol. The molecule has 1 aliphatic heterocycles. The van der Waals surface area contributed by atoms with Crippen LogP contribution < -0.4 is 20.1 Å². The van der Waals surface area contributed by atoms with E-state index in [1.54, 1.807) is 32.0 Å². The Labute approximate surface area is 307 Å². The molecule has 1 aliphatic rings. The molecular weight excluding hydrogens is 794 g/mol. The highest BCUT2D eigenvalue weighted by Gasteiger charge is 2.55. The van der Waals surface area contributed by atoms with Gasteiger partial charge in [-0.2, -0.15) is 15.1 Å². The number of aliphatic hydroxyl groups excluding tert-OH is 1. The van der Waals surface area contributed by atoms with Gasteiger partial charge in [0.2, 0.25) is 11.8 Å². The molecule has 3 heterocycles. The summed E-state index contributed by atoms with van der Waals surface area (Å²) in [5.41, 5.74) is 5.23. The zero-order chi connectivity index (χ0) is 36.5. The van der Waals surface area contributed by atoms with Crippen molar-refractivity contribution in [3.8, 4) is 11.6 Å². The summed E-state index contributed by atoms with van der Waals surface area (Å²) in [5.74, 6) is -0.839. The minimum atomic E-state index is -4.47. The number of ether oxygens (including phenoxy) is 3. The Morgan fingerprint density at radius 3 is 2.53 bits per heavy atom. The number of methoxy groups -OCH3 is 1. The second-order valence-electron chi connectivity index (χ2n) is 12.5. The summed E-state index contributed by atoms with van der Waals surface area (Å²) in [6.45, 7) is 4.38. The number of nitrogen functional groups attached to an aromatic ring is 1. The lowest BCUT2D eigenvalue weighted by Gasteiger charge is -2.28. The number of rotatable bonds is 13. The van der Waals surface area contributed by atoms with Gasteiger partial charge >= 0.3 is 13.7 Å². The molecule has 0 spiro atoms. The zero-order valence-corrected chi connectivity index (χ0v) is 31.2. The van der Waals surface area contributed by atoms with Crippen molar-refractivity contribution in [2.45, 2.75) is 57.5 Å². The number of imidazole rings is 1. The van der Waals surface area contributed by atoms with E-state index in [-0.39, 0.29) is 35.3 Å². The Kier molecular flexibility index (Phi) is 10.8. The van der Waals surface area contributed by atoms with Crippen molar-refractivity contribution in [3.63, 3.8) is 0 Å². The molecule has 0 amide bonds. The Morgan fingerprint density at radius 2 is 1.80 bits per heavy atom. The lowest BCUT2D eigenvalue weighted by atomic mass is 9.96. The molecular formula is C34H38IN6O9P. The van der Waals surface area contributed by atoms with Gasteiger partial charge in [-0.1, -0.05) is 80.6 Å². The van der Waals surface area contributed by atoms with Crippen LogP contribution >= 0.6 is 30.3 Å². The summed E-state index contributed by atoms with van der Waals surface area (Å²) in [4.78, 5) is 26.2. The van der Waals surface area contributed by atoms with Crippen LogP contribution in [-0.4, -0.2) is 73.3 Å². The number of carbonyl (C=O) groups excluding carboxylic acids is 1. The quantitative estimate of drug-likeness (QED) is 0.0548. The smallest absolute Gasteiger partial charge is 0.459 e. The van der Waals surface area contributed by atoms with Crippen LogP contribution in [0, 0.1) is 9.75 Å². The second-order valence-corrected chi connectivity index (χ2v) is 15.2. The maximum atomic E-state index is 14.8. The molecule has 5 N–H and O–H groups in total. The van der Waals surface area contributed by atoms with Crippen molar-refractivity contribution < 1.29 is 42.8 Å². The van der Waals surface area contributed by atoms with E-state index in [9.17, 15) is 19.6 Å². The molecule has 15 nitrogen and oxygen atoms in total. The fraction of sp³-hybridized carbons (Fsp3) is 0.353. The highest BCUT2D eigenvalue weighted by molar-refractivity contribution is 14.1. The Hall–Kier alpha value is -3.90. The van der Waals surface area contributed by atoms with Crippen LogP contribution in [0.4, 0.5) is 5.95 Å². The highest BCUT2D eigenvalue weighted by atomic mass is 127. The van der Waals surface area contributed by atoms with Crippen LogP contribution in [0.1, 0.15) is 32.6 Å². The van der Waals surface area contributed by atoms with E-state index in [1.807, 2.05) is 77.2 Å². The largest absolute Gasteiger partial charge is 0.479 e. The lowest BCUT2D eigenvalue weighted by molar-refractivity contribution is -0.148. The SMILES string of the molecule is COc1nc(N)nc2c1nc(I)n2C1O[C@H](COP(=O)(N[C@H](C(=O)OCc2ccccc2)C(C)C)Oc2cccc3ccccc23)[C@@H](O)[C@@]1(C)O. The number of nitrogens with two attached hydrogens (primary N) is 1. The van der Waals surface area contributed by atoms with Crippen molar-refractivity contribution in [1.82, 2.24) is 24.6 Å². The Morgan fingerprint density at radius 1 is 1.10 bits per heavy atom. The molecule has 17 heteroatoms. The second kappa shape index (κ2) is 15.0. The maximum absolute atomic E-state index is 14.8. The van der Waals surface area contributed by atoms with E-state index in [1.165, 1.54) is 18.6 Å². The van der Waals surface area contributed by atoms with Crippen molar-refractivity contribution in [1.29, 1.82) is 0 Å². The average Bonchev–Trinajstić information content (AvgIpc) is 3.55. The number of fused-ring (bicyclic) bond motifs is 2. The molecule has 270 valence electrons. The van der Waals surface area contributed by atoms with Gasteiger partial charge in [-0.05, 0) is 29.9 Å². The molecule has 6 atom stereocenters. The molecule has 51 heavy (non-hydrogen) atoms. The number of hydrogen-bond donors (Lipinski definition) is 4. The van der Waals surface area contributed by atoms with Crippen molar-refractivity contribution >= 4 is 64.2 Å². The van der Waals surface area contributed by atoms with Gasteiger partial charge in [-0.15, -0.1) is 0 Å². The number of hydrogen-bond acceptors (Lipinski definition) is 13. The van der Waals surface area contributed by atoms with Crippen molar-refractivity contribution in [2.24, 2.45) is 5.92 Å². The Bertz CT molecular complexity index is 2080. The predicted octanol–water partition coefficient (Wildman–Crippen LogP) is 4.75. The minimum Gasteiger partial charge on any atom is -0.479 e. The Balaban J connectivity index is 1.29. The molecule has 0 bridgehead atoms. The van der Waals surface area contributed by atoms with E-state index >= 15 is 0 Å². The van der Waals surface area contributed by atoms with Crippen LogP contribution in [0.5, 0.6) is 11.6 Å². The number of aliphatic hydroxyl groups is 2. The summed E-state index contributed by atoms with van der Waals surface area (Å²) in [7, 11) is -3.06.